The van der Waals surface area contributed by atoms with Crippen LogP contribution in [0.2, 0.25) is 0 Å². The first-order valence-electron chi connectivity index (χ1n) is 7.27. The van der Waals surface area contributed by atoms with Crippen LogP contribution in [0.4, 0.5) is 4.39 Å². The second-order valence-corrected chi connectivity index (χ2v) is 6.78. The summed E-state index contributed by atoms with van der Waals surface area (Å²) in [5, 5.41) is 3.76. The number of hydrogen-bond acceptors (Lipinski definition) is 1. The van der Waals surface area contributed by atoms with E-state index in [0.717, 1.165) is 12.0 Å². The summed E-state index contributed by atoms with van der Waals surface area (Å²) >= 11 is 0. The highest BCUT2D eigenvalue weighted by molar-refractivity contribution is 5.22. The maximum absolute atomic E-state index is 13.1. The highest BCUT2D eigenvalue weighted by atomic mass is 19.1. The molecule has 1 nitrogen and oxygen atoms in total. The van der Waals surface area contributed by atoms with E-state index in [9.17, 15) is 4.39 Å². The average Bonchev–Trinajstić information content (AvgIpc) is 2.30. The van der Waals surface area contributed by atoms with Crippen LogP contribution in [-0.2, 0) is 0 Å². The summed E-state index contributed by atoms with van der Waals surface area (Å²) < 4.78 is 13.1. The van der Waals surface area contributed by atoms with Crippen molar-refractivity contribution in [2.75, 3.05) is 0 Å². The van der Waals surface area contributed by atoms with Gasteiger partial charge in [0.1, 0.15) is 5.82 Å². The van der Waals surface area contributed by atoms with Crippen LogP contribution in [0.1, 0.15) is 59.6 Å². The van der Waals surface area contributed by atoms with Crippen molar-refractivity contribution in [1.29, 1.82) is 0 Å². The Hall–Kier alpha value is -0.890. The molecule has 0 heterocycles. The van der Waals surface area contributed by atoms with Gasteiger partial charge in [0.2, 0.25) is 0 Å². The van der Waals surface area contributed by atoms with Crippen LogP contribution in [0.3, 0.4) is 0 Å². The molecular weight excluding hydrogens is 237 g/mol. The van der Waals surface area contributed by atoms with E-state index in [4.69, 9.17) is 0 Å². The molecule has 0 fully saturated rings. The Labute approximate surface area is 117 Å². The Morgan fingerprint density at radius 2 is 1.63 bits per heavy atom. The summed E-state index contributed by atoms with van der Waals surface area (Å²) in [5.74, 6) is 0.419. The van der Waals surface area contributed by atoms with Gasteiger partial charge in [0.15, 0.2) is 0 Å². The fraction of sp³-hybridized carbons (Fsp3) is 0.647. The van der Waals surface area contributed by atoms with Gasteiger partial charge < -0.3 is 5.32 Å². The van der Waals surface area contributed by atoms with Crippen molar-refractivity contribution in [2.24, 2.45) is 11.3 Å². The molecule has 1 aromatic carbocycles. The first-order chi connectivity index (χ1) is 8.75. The van der Waals surface area contributed by atoms with Crippen molar-refractivity contribution in [1.82, 2.24) is 5.32 Å². The summed E-state index contributed by atoms with van der Waals surface area (Å²) in [6.07, 6.45) is 1.10. The normalized spacial score (nSPS) is 15.6. The minimum absolute atomic E-state index is 0.0974. The third-order valence-corrected chi connectivity index (χ3v) is 3.69. The van der Waals surface area contributed by atoms with Crippen LogP contribution in [0.15, 0.2) is 24.3 Å². The summed E-state index contributed by atoms with van der Waals surface area (Å²) in [6.45, 7) is 13.4. The van der Waals surface area contributed by atoms with Gasteiger partial charge in [-0.15, -0.1) is 0 Å². The van der Waals surface area contributed by atoms with E-state index in [1.165, 1.54) is 0 Å². The van der Waals surface area contributed by atoms with E-state index in [2.05, 4.69) is 46.9 Å². The van der Waals surface area contributed by atoms with Gasteiger partial charge in [-0.3, -0.25) is 0 Å². The molecule has 108 valence electrons. The predicted molar refractivity (Wildman–Crippen MR) is 80.6 cm³/mol. The molecule has 0 bridgehead atoms. The van der Waals surface area contributed by atoms with Crippen LogP contribution in [0.25, 0.3) is 0 Å². The van der Waals surface area contributed by atoms with Crippen LogP contribution in [0, 0.1) is 17.2 Å². The van der Waals surface area contributed by atoms with Crippen molar-refractivity contribution in [3.8, 4) is 0 Å². The van der Waals surface area contributed by atoms with E-state index in [0.29, 0.717) is 12.0 Å². The number of benzene rings is 1. The Morgan fingerprint density at radius 3 is 2.00 bits per heavy atom. The predicted octanol–water partition coefficient (Wildman–Crippen LogP) is 4.94. The molecule has 0 radical (unpaired) electrons. The molecule has 0 aliphatic heterocycles. The Kier molecular flexibility index (Phi) is 5.54. The lowest BCUT2D eigenvalue weighted by molar-refractivity contribution is 0.224. The van der Waals surface area contributed by atoms with E-state index < -0.39 is 0 Å². The molecule has 1 N–H and O–H groups in total. The number of hydrogen-bond donors (Lipinski definition) is 1. The summed E-state index contributed by atoms with van der Waals surface area (Å²) in [4.78, 5) is 0. The minimum Gasteiger partial charge on any atom is -0.306 e. The molecule has 0 aliphatic rings. The quantitative estimate of drug-likeness (QED) is 0.795. The zero-order valence-corrected chi connectivity index (χ0v) is 13.1. The second-order valence-electron chi connectivity index (χ2n) is 6.78. The number of nitrogens with one attached hydrogen (secondary N) is 1. The summed E-state index contributed by atoms with van der Waals surface area (Å²) in [7, 11) is 0. The van der Waals surface area contributed by atoms with E-state index >= 15 is 0 Å². The van der Waals surface area contributed by atoms with Gasteiger partial charge >= 0.3 is 0 Å². The minimum atomic E-state index is -0.174. The highest BCUT2D eigenvalue weighted by Crippen LogP contribution is 2.34. The molecule has 1 aromatic rings. The van der Waals surface area contributed by atoms with Crippen LogP contribution in [-0.4, -0.2) is 6.04 Å². The molecule has 2 unspecified atom stereocenters. The molecule has 0 aromatic heterocycles. The third-order valence-electron chi connectivity index (χ3n) is 3.69. The van der Waals surface area contributed by atoms with E-state index in [1.54, 1.807) is 12.1 Å². The maximum atomic E-state index is 13.1. The van der Waals surface area contributed by atoms with Crippen molar-refractivity contribution in [2.45, 2.75) is 60.0 Å². The second kappa shape index (κ2) is 6.51. The van der Waals surface area contributed by atoms with Gasteiger partial charge in [0.25, 0.3) is 0 Å². The van der Waals surface area contributed by atoms with Gasteiger partial charge in [-0.25, -0.2) is 4.39 Å². The number of halogens is 1. The fourth-order valence-corrected chi connectivity index (χ4v) is 2.50. The monoisotopic (exact) mass is 265 g/mol. The Balaban J connectivity index is 2.99. The molecule has 0 saturated heterocycles. The lowest BCUT2D eigenvalue weighted by Crippen LogP contribution is -2.41. The molecule has 19 heavy (non-hydrogen) atoms. The zero-order valence-electron chi connectivity index (χ0n) is 13.1. The van der Waals surface area contributed by atoms with Crippen molar-refractivity contribution >= 4 is 0 Å². The SMILES string of the molecule is CCC(NC(c1ccc(F)cc1)C(C)(C)C)C(C)C. The molecule has 0 amide bonds. The summed E-state index contributed by atoms with van der Waals surface area (Å²) in [6, 6.07) is 7.60. The van der Waals surface area contributed by atoms with Crippen LogP contribution < -0.4 is 5.32 Å². The maximum Gasteiger partial charge on any atom is 0.123 e. The largest absolute Gasteiger partial charge is 0.306 e. The number of rotatable bonds is 5. The van der Waals surface area contributed by atoms with E-state index in [-0.39, 0.29) is 17.3 Å². The van der Waals surface area contributed by atoms with Gasteiger partial charge in [-0.1, -0.05) is 53.7 Å². The highest BCUT2D eigenvalue weighted by Gasteiger charge is 2.28. The first-order valence-corrected chi connectivity index (χ1v) is 7.27. The topological polar surface area (TPSA) is 12.0 Å². The van der Waals surface area contributed by atoms with Gasteiger partial charge in [-0.2, -0.15) is 0 Å². The smallest absolute Gasteiger partial charge is 0.123 e. The Morgan fingerprint density at radius 1 is 1.11 bits per heavy atom. The molecule has 2 heteroatoms. The molecular formula is C17H28FN. The molecule has 1 rings (SSSR count). The fourth-order valence-electron chi connectivity index (χ4n) is 2.50. The zero-order chi connectivity index (χ0) is 14.6. The van der Waals surface area contributed by atoms with E-state index in [1.807, 2.05) is 12.1 Å². The van der Waals surface area contributed by atoms with Gasteiger partial charge in [-0.05, 0) is 35.4 Å². The van der Waals surface area contributed by atoms with Crippen molar-refractivity contribution < 1.29 is 4.39 Å². The van der Waals surface area contributed by atoms with Crippen LogP contribution >= 0.6 is 0 Å². The standard InChI is InChI=1S/C17H28FN/c1-7-15(12(2)3)19-16(17(4,5)6)13-8-10-14(18)11-9-13/h8-12,15-16,19H,7H2,1-6H3. The van der Waals surface area contributed by atoms with Gasteiger partial charge in [0.05, 0.1) is 0 Å². The van der Waals surface area contributed by atoms with Crippen molar-refractivity contribution in [3.63, 3.8) is 0 Å². The summed E-state index contributed by atoms with van der Waals surface area (Å²) in [5.41, 5.74) is 1.26. The lowest BCUT2D eigenvalue weighted by atomic mass is 9.81. The lowest BCUT2D eigenvalue weighted by Gasteiger charge is -2.36. The molecule has 2 atom stereocenters. The first kappa shape index (κ1) is 16.2. The van der Waals surface area contributed by atoms with Gasteiger partial charge in [0, 0.05) is 12.1 Å². The molecule has 0 aliphatic carbocycles. The van der Waals surface area contributed by atoms with Crippen molar-refractivity contribution in [3.05, 3.63) is 35.6 Å². The van der Waals surface area contributed by atoms with Crippen LogP contribution in [0.5, 0.6) is 0 Å². The Bertz CT molecular complexity index is 375. The molecule has 0 spiro atoms. The molecule has 0 saturated carbocycles. The average molecular weight is 265 g/mol. The third kappa shape index (κ3) is 4.61.